The van der Waals surface area contributed by atoms with Gasteiger partial charge in [0.25, 0.3) is 0 Å². The van der Waals surface area contributed by atoms with Gasteiger partial charge in [-0.2, -0.15) is 0 Å². The van der Waals surface area contributed by atoms with E-state index in [2.05, 4.69) is 10.6 Å². The summed E-state index contributed by atoms with van der Waals surface area (Å²) in [6.07, 6.45) is -0.726. The molecule has 0 unspecified atom stereocenters. The molecule has 0 saturated carbocycles. The summed E-state index contributed by atoms with van der Waals surface area (Å²) in [5, 5.41) is 5.06. The summed E-state index contributed by atoms with van der Waals surface area (Å²) in [7, 11) is 0. The van der Waals surface area contributed by atoms with Crippen molar-refractivity contribution in [2.75, 3.05) is 0 Å². The van der Waals surface area contributed by atoms with Gasteiger partial charge in [0, 0.05) is 6.42 Å². The fourth-order valence-electron chi connectivity index (χ4n) is 2.81. The molecule has 0 aliphatic heterocycles. The fourth-order valence-corrected chi connectivity index (χ4v) is 2.81. The highest BCUT2D eigenvalue weighted by Gasteiger charge is 2.28. The van der Waals surface area contributed by atoms with Crippen molar-refractivity contribution in [2.45, 2.75) is 39.0 Å². The van der Waals surface area contributed by atoms with Gasteiger partial charge in [0.15, 0.2) is 0 Å². The van der Waals surface area contributed by atoms with Crippen molar-refractivity contribution in [3.05, 3.63) is 71.5 Å². The second kappa shape index (κ2) is 10.9. The molecule has 160 valence electrons. The summed E-state index contributed by atoms with van der Waals surface area (Å²) in [4.78, 5) is 36.6. The molecular formula is C22H26FN3O4. The highest BCUT2D eigenvalue weighted by Crippen LogP contribution is 2.09. The highest BCUT2D eigenvalue weighted by molar-refractivity contribution is 5.91. The van der Waals surface area contributed by atoms with Crippen LogP contribution in [0, 0.1) is 11.7 Å². The Bertz CT molecular complexity index is 874. The third kappa shape index (κ3) is 7.20. The lowest BCUT2D eigenvalue weighted by atomic mass is 10.0. The maximum Gasteiger partial charge on any atom is 0.408 e. The SMILES string of the molecule is CC(C)[C@@H](NC(=O)OCc1ccccc1)C(=O)N[C@@H](Cc1cccc(F)c1)C(N)=O. The first-order valence-electron chi connectivity index (χ1n) is 9.57. The number of rotatable bonds is 9. The smallest absolute Gasteiger partial charge is 0.408 e. The van der Waals surface area contributed by atoms with Crippen LogP contribution in [-0.4, -0.2) is 30.0 Å². The number of alkyl carbamates (subject to hydrolysis) is 1. The van der Waals surface area contributed by atoms with E-state index >= 15 is 0 Å². The number of ether oxygens (including phenoxy) is 1. The first-order valence-corrected chi connectivity index (χ1v) is 9.57. The third-order valence-corrected chi connectivity index (χ3v) is 4.42. The average molecular weight is 415 g/mol. The molecule has 0 aliphatic carbocycles. The van der Waals surface area contributed by atoms with Crippen LogP contribution in [0.3, 0.4) is 0 Å². The van der Waals surface area contributed by atoms with Crippen LogP contribution in [0.5, 0.6) is 0 Å². The normalized spacial score (nSPS) is 12.7. The number of halogens is 1. The first kappa shape index (κ1) is 22.9. The molecule has 0 saturated heterocycles. The van der Waals surface area contributed by atoms with E-state index in [-0.39, 0.29) is 18.9 Å². The van der Waals surface area contributed by atoms with Gasteiger partial charge in [0.05, 0.1) is 0 Å². The Morgan fingerprint density at radius 3 is 2.27 bits per heavy atom. The quantitative estimate of drug-likeness (QED) is 0.584. The Hall–Kier alpha value is -3.42. The van der Waals surface area contributed by atoms with Crippen LogP contribution < -0.4 is 16.4 Å². The molecule has 0 heterocycles. The standard InChI is InChI=1S/C22H26FN3O4/c1-14(2)19(26-22(29)30-13-15-7-4-3-5-8-15)21(28)25-18(20(24)27)12-16-9-6-10-17(23)11-16/h3-11,14,18-19H,12-13H2,1-2H3,(H2,24,27)(H,25,28)(H,26,29)/t18-,19+/m0/s1. The van der Waals surface area contributed by atoms with Crippen LogP contribution in [0.15, 0.2) is 54.6 Å². The van der Waals surface area contributed by atoms with E-state index in [0.29, 0.717) is 5.56 Å². The van der Waals surface area contributed by atoms with Gasteiger partial charge in [-0.1, -0.05) is 56.3 Å². The van der Waals surface area contributed by atoms with E-state index in [1.165, 1.54) is 18.2 Å². The number of nitrogens with two attached hydrogens (primary N) is 1. The van der Waals surface area contributed by atoms with Crippen LogP contribution in [0.2, 0.25) is 0 Å². The number of benzene rings is 2. The second-order valence-corrected chi connectivity index (χ2v) is 7.23. The largest absolute Gasteiger partial charge is 0.445 e. The van der Waals surface area contributed by atoms with E-state index in [0.717, 1.165) is 5.56 Å². The van der Waals surface area contributed by atoms with E-state index in [1.807, 2.05) is 30.3 Å². The maximum atomic E-state index is 13.4. The number of hydrogen-bond donors (Lipinski definition) is 3. The topological polar surface area (TPSA) is 111 Å². The molecule has 2 aromatic carbocycles. The first-order chi connectivity index (χ1) is 14.3. The lowest BCUT2D eigenvalue weighted by Crippen LogP contribution is -2.55. The van der Waals surface area contributed by atoms with Crippen molar-refractivity contribution in [2.24, 2.45) is 11.7 Å². The molecule has 0 radical (unpaired) electrons. The van der Waals surface area contributed by atoms with E-state index in [4.69, 9.17) is 10.5 Å². The van der Waals surface area contributed by atoms with Crippen molar-refractivity contribution in [1.82, 2.24) is 10.6 Å². The summed E-state index contributed by atoms with van der Waals surface area (Å²) in [5.41, 5.74) is 6.72. The van der Waals surface area contributed by atoms with Gasteiger partial charge >= 0.3 is 6.09 Å². The summed E-state index contributed by atoms with van der Waals surface area (Å²) in [6.45, 7) is 3.55. The molecule has 0 fully saturated rings. The number of nitrogens with one attached hydrogen (secondary N) is 2. The van der Waals surface area contributed by atoms with E-state index in [1.54, 1.807) is 19.9 Å². The number of amides is 3. The molecule has 0 aromatic heterocycles. The Labute approximate surface area is 174 Å². The van der Waals surface area contributed by atoms with Crippen molar-refractivity contribution in [3.63, 3.8) is 0 Å². The zero-order valence-electron chi connectivity index (χ0n) is 16.9. The fraction of sp³-hybridized carbons (Fsp3) is 0.318. The number of hydrogen-bond acceptors (Lipinski definition) is 4. The Morgan fingerprint density at radius 2 is 1.67 bits per heavy atom. The summed E-state index contributed by atoms with van der Waals surface area (Å²) >= 11 is 0. The van der Waals surface area contributed by atoms with Gasteiger partial charge in [0.2, 0.25) is 11.8 Å². The molecule has 8 heteroatoms. The molecule has 4 N–H and O–H groups in total. The predicted octanol–water partition coefficient (Wildman–Crippen LogP) is 2.29. The van der Waals surface area contributed by atoms with E-state index < -0.39 is 35.8 Å². The molecular weight excluding hydrogens is 389 g/mol. The Balaban J connectivity index is 1.98. The zero-order valence-corrected chi connectivity index (χ0v) is 16.9. The number of carbonyl (C=O) groups excluding carboxylic acids is 3. The minimum Gasteiger partial charge on any atom is -0.445 e. The second-order valence-electron chi connectivity index (χ2n) is 7.23. The van der Waals surface area contributed by atoms with Gasteiger partial charge < -0.3 is 21.1 Å². The summed E-state index contributed by atoms with van der Waals surface area (Å²) in [5.74, 6) is -2.08. The molecule has 2 atom stereocenters. The molecule has 0 aliphatic rings. The van der Waals surface area contributed by atoms with Crippen molar-refractivity contribution in [3.8, 4) is 0 Å². The zero-order chi connectivity index (χ0) is 22.1. The summed E-state index contributed by atoms with van der Waals surface area (Å²) < 4.78 is 18.5. The monoisotopic (exact) mass is 415 g/mol. The summed E-state index contributed by atoms with van der Waals surface area (Å²) in [6, 6.07) is 12.8. The van der Waals surface area contributed by atoms with Gasteiger partial charge in [0.1, 0.15) is 24.5 Å². The van der Waals surface area contributed by atoms with Crippen molar-refractivity contribution < 1.29 is 23.5 Å². The molecule has 7 nitrogen and oxygen atoms in total. The Morgan fingerprint density at radius 1 is 1.00 bits per heavy atom. The molecule has 30 heavy (non-hydrogen) atoms. The van der Waals surface area contributed by atoms with Crippen LogP contribution in [0.4, 0.5) is 9.18 Å². The number of carbonyl (C=O) groups is 3. The lowest BCUT2D eigenvalue weighted by Gasteiger charge is -2.24. The minimum atomic E-state index is -1.05. The lowest BCUT2D eigenvalue weighted by molar-refractivity contribution is -0.129. The molecule has 2 aromatic rings. The van der Waals surface area contributed by atoms with Crippen LogP contribution in [-0.2, 0) is 27.4 Å². The molecule has 0 bridgehead atoms. The van der Waals surface area contributed by atoms with Crippen molar-refractivity contribution >= 4 is 17.9 Å². The van der Waals surface area contributed by atoms with Crippen molar-refractivity contribution in [1.29, 1.82) is 0 Å². The van der Waals surface area contributed by atoms with Crippen LogP contribution in [0.25, 0.3) is 0 Å². The van der Waals surface area contributed by atoms with Crippen LogP contribution >= 0.6 is 0 Å². The predicted molar refractivity (Wildman–Crippen MR) is 110 cm³/mol. The molecule has 2 rings (SSSR count). The molecule has 3 amide bonds. The van der Waals surface area contributed by atoms with Gasteiger partial charge in [-0.3, -0.25) is 9.59 Å². The minimum absolute atomic E-state index is 0.0299. The number of primary amides is 1. The third-order valence-electron chi connectivity index (χ3n) is 4.42. The van der Waals surface area contributed by atoms with Crippen LogP contribution in [0.1, 0.15) is 25.0 Å². The highest BCUT2D eigenvalue weighted by atomic mass is 19.1. The van der Waals surface area contributed by atoms with E-state index in [9.17, 15) is 18.8 Å². The Kier molecular flexibility index (Phi) is 8.34. The maximum absolute atomic E-state index is 13.4. The average Bonchev–Trinajstić information content (AvgIpc) is 2.70. The molecule has 0 spiro atoms. The van der Waals surface area contributed by atoms with Gasteiger partial charge in [-0.05, 0) is 29.2 Å². The van der Waals surface area contributed by atoms with Gasteiger partial charge in [-0.15, -0.1) is 0 Å². The van der Waals surface area contributed by atoms with Gasteiger partial charge in [-0.25, -0.2) is 9.18 Å².